The monoisotopic (exact) mass is 213 g/mol. The summed E-state index contributed by atoms with van der Waals surface area (Å²) >= 11 is 0. The van der Waals surface area contributed by atoms with Gasteiger partial charge in [0.15, 0.2) is 0 Å². The number of benzene rings is 1. The molecule has 1 aromatic rings. The van der Waals surface area contributed by atoms with E-state index >= 15 is 0 Å². The van der Waals surface area contributed by atoms with Crippen molar-refractivity contribution in [3.05, 3.63) is 53.8 Å². The molecule has 2 rings (SSSR count). The van der Waals surface area contributed by atoms with Gasteiger partial charge in [0.1, 0.15) is 12.4 Å². The normalized spacial score (nSPS) is 14.4. The summed E-state index contributed by atoms with van der Waals surface area (Å²) in [6, 6.07) is 8.07. The number of aryl methyl sites for hydroxylation is 1. The molecule has 2 nitrogen and oxygen atoms in total. The number of nitrogens with zero attached hydrogens (tertiary/aromatic N) is 1. The molecule has 0 aromatic heterocycles. The highest BCUT2D eigenvalue weighted by Crippen LogP contribution is 2.12. The van der Waals surface area contributed by atoms with E-state index in [1.54, 1.807) is 0 Å². The molecule has 0 spiro atoms. The van der Waals surface area contributed by atoms with Crippen LogP contribution in [0.1, 0.15) is 12.0 Å². The molecule has 1 aliphatic rings. The fraction of sp³-hybridized carbons (Fsp3) is 0.214. The van der Waals surface area contributed by atoms with Gasteiger partial charge in [-0.25, -0.2) is 0 Å². The van der Waals surface area contributed by atoms with Crippen LogP contribution in [0.4, 0.5) is 0 Å². The van der Waals surface area contributed by atoms with E-state index in [4.69, 9.17) is 4.74 Å². The Labute approximate surface area is 96.0 Å². The van der Waals surface area contributed by atoms with Crippen LogP contribution < -0.4 is 4.74 Å². The molecule has 82 valence electrons. The van der Waals surface area contributed by atoms with Gasteiger partial charge in [-0.1, -0.05) is 29.8 Å². The number of hydrogen-bond donors (Lipinski definition) is 0. The first kappa shape index (κ1) is 10.7. The first-order chi connectivity index (χ1) is 7.84. The van der Waals surface area contributed by atoms with Crippen LogP contribution in [0.15, 0.2) is 53.2 Å². The van der Waals surface area contributed by atoms with Crippen molar-refractivity contribution in [2.45, 2.75) is 13.3 Å². The van der Waals surface area contributed by atoms with Gasteiger partial charge in [0.25, 0.3) is 0 Å². The first-order valence-electron chi connectivity index (χ1n) is 5.41. The topological polar surface area (TPSA) is 21.6 Å². The van der Waals surface area contributed by atoms with Crippen LogP contribution in [0, 0.1) is 6.92 Å². The summed E-state index contributed by atoms with van der Waals surface area (Å²) in [5.74, 6) is 0.900. The molecule has 0 unspecified atom stereocenters. The van der Waals surface area contributed by atoms with Crippen molar-refractivity contribution in [3.63, 3.8) is 0 Å². The van der Waals surface area contributed by atoms with E-state index in [2.05, 4.69) is 18.0 Å². The van der Waals surface area contributed by atoms with Crippen LogP contribution in [0.2, 0.25) is 0 Å². The molecule has 0 N–H and O–H groups in total. The van der Waals surface area contributed by atoms with Gasteiger partial charge in [-0.2, -0.15) is 0 Å². The molecule has 0 fully saturated rings. The van der Waals surface area contributed by atoms with Crippen LogP contribution in [0.3, 0.4) is 0 Å². The Morgan fingerprint density at radius 3 is 2.88 bits per heavy atom. The minimum Gasteiger partial charge on any atom is -0.489 e. The molecule has 0 radical (unpaired) electrons. The molecular formula is C14H15NO. The zero-order chi connectivity index (χ0) is 11.2. The number of rotatable bonds is 3. The maximum Gasteiger partial charge on any atom is 0.119 e. The lowest BCUT2D eigenvalue weighted by molar-refractivity contribution is 0.358. The van der Waals surface area contributed by atoms with Gasteiger partial charge >= 0.3 is 0 Å². The van der Waals surface area contributed by atoms with E-state index in [9.17, 15) is 0 Å². The summed E-state index contributed by atoms with van der Waals surface area (Å²) in [6.45, 7) is 2.64. The number of ether oxygens (including phenoxy) is 1. The van der Waals surface area contributed by atoms with Crippen molar-refractivity contribution in [3.8, 4) is 5.75 Å². The third-order valence-corrected chi connectivity index (χ3v) is 2.37. The van der Waals surface area contributed by atoms with E-state index in [1.807, 2.05) is 42.8 Å². The summed E-state index contributed by atoms with van der Waals surface area (Å²) in [5, 5.41) is 0. The molecule has 1 heterocycles. The van der Waals surface area contributed by atoms with Crippen molar-refractivity contribution >= 4 is 6.21 Å². The van der Waals surface area contributed by atoms with Gasteiger partial charge in [0.2, 0.25) is 0 Å². The summed E-state index contributed by atoms with van der Waals surface area (Å²) in [6.07, 6.45) is 8.73. The van der Waals surface area contributed by atoms with E-state index in [0.717, 1.165) is 17.7 Å². The van der Waals surface area contributed by atoms with E-state index < -0.39 is 0 Å². The Morgan fingerprint density at radius 2 is 2.06 bits per heavy atom. The quantitative estimate of drug-likeness (QED) is 0.755. The summed E-state index contributed by atoms with van der Waals surface area (Å²) < 4.78 is 5.67. The van der Waals surface area contributed by atoms with Crippen molar-refractivity contribution in [1.82, 2.24) is 0 Å². The molecule has 1 aliphatic heterocycles. The summed E-state index contributed by atoms with van der Waals surface area (Å²) in [5.41, 5.74) is 2.36. The third-order valence-electron chi connectivity index (χ3n) is 2.37. The zero-order valence-electron chi connectivity index (χ0n) is 9.39. The predicted molar refractivity (Wildman–Crippen MR) is 67.0 cm³/mol. The number of aliphatic imine (C=N–C) groups is 1. The van der Waals surface area contributed by atoms with Gasteiger partial charge in [-0.15, -0.1) is 0 Å². The lowest BCUT2D eigenvalue weighted by Gasteiger charge is -2.06. The fourth-order valence-corrected chi connectivity index (χ4v) is 1.43. The van der Waals surface area contributed by atoms with Crippen molar-refractivity contribution in [1.29, 1.82) is 0 Å². The summed E-state index contributed by atoms with van der Waals surface area (Å²) in [7, 11) is 0. The molecule has 1 aromatic carbocycles. The largest absolute Gasteiger partial charge is 0.489 e. The number of allylic oxidation sites excluding steroid dienone is 2. The van der Waals surface area contributed by atoms with Crippen molar-refractivity contribution in [2.75, 3.05) is 6.61 Å². The van der Waals surface area contributed by atoms with Gasteiger partial charge < -0.3 is 4.74 Å². The SMILES string of the molecule is Cc1ccc(OCC2=CCC=CN=C2)cc1. The Bertz CT molecular complexity index is 427. The lowest BCUT2D eigenvalue weighted by atomic mass is 10.2. The molecule has 0 saturated carbocycles. The zero-order valence-corrected chi connectivity index (χ0v) is 9.39. The molecule has 2 heteroatoms. The van der Waals surface area contributed by atoms with Gasteiger partial charge in [-0.05, 0) is 25.5 Å². The second-order valence-electron chi connectivity index (χ2n) is 3.78. The molecule has 0 atom stereocenters. The third kappa shape index (κ3) is 3.09. The second kappa shape index (κ2) is 5.31. The molecule has 0 saturated heterocycles. The van der Waals surface area contributed by atoms with Crippen LogP contribution in [-0.2, 0) is 0 Å². The lowest BCUT2D eigenvalue weighted by Crippen LogP contribution is -2.02. The average molecular weight is 213 g/mol. The fourth-order valence-electron chi connectivity index (χ4n) is 1.43. The minimum absolute atomic E-state index is 0.578. The second-order valence-corrected chi connectivity index (χ2v) is 3.78. The molecule has 16 heavy (non-hydrogen) atoms. The van der Waals surface area contributed by atoms with E-state index in [1.165, 1.54) is 5.56 Å². The smallest absolute Gasteiger partial charge is 0.119 e. The van der Waals surface area contributed by atoms with Gasteiger partial charge in [0.05, 0.1) is 0 Å². The van der Waals surface area contributed by atoms with Crippen LogP contribution >= 0.6 is 0 Å². The molecule has 0 bridgehead atoms. The average Bonchev–Trinajstić information content (AvgIpc) is 2.57. The molecule has 0 aliphatic carbocycles. The van der Waals surface area contributed by atoms with Crippen molar-refractivity contribution < 1.29 is 4.74 Å². The Morgan fingerprint density at radius 1 is 1.25 bits per heavy atom. The van der Waals surface area contributed by atoms with Gasteiger partial charge in [0, 0.05) is 18.0 Å². The number of hydrogen-bond acceptors (Lipinski definition) is 2. The van der Waals surface area contributed by atoms with Crippen LogP contribution in [-0.4, -0.2) is 12.8 Å². The standard InChI is InChI=1S/C14H15NO/c1-12-5-7-14(8-6-12)16-11-13-4-2-3-9-15-10-13/h3-10H,2,11H2,1H3. The Balaban J connectivity index is 1.92. The van der Waals surface area contributed by atoms with Crippen molar-refractivity contribution in [2.24, 2.45) is 4.99 Å². The summed E-state index contributed by atoms with van der Waals surface area (Å²) in [4.78, 5) is 4.12. The maximum absolute atomic E-state index is 5.67. The predicted octanol–water partition coefficient (Wildman–Crippen LogP) is 3.29. The Kier molecular flexibility index (Phi) is 3.54. The highest BCUT2D eigenvalue weighted by molar-refractivity contribution is 5.79. The molecule has 0 amide bonds. The Hall–Kier alpha value is -1.83. The van der Waals surface area contributed by atoms with E-state index in [-0.39, 0.29) is 0 Å². The van der Waals surface area contributed by atoms with E-state index in [0.29, 0.717) is 6.61 Å². The van der Waals surface area contributed by atoms with Crippen LogP contribution in [0.5, 0.6) is 5.75 Å². The van der Waals surface area contributed by atoms with Gasteiger partial charge in [-0.3, -0.25) is 4.99 Å². The first-order valence-corrected chi connectivity index (χ1v) is 5.41. The maximum atomic E-state index is 5.67. The van der Waals surface area contributed by atoms with Crippen LogP contribution in [0.25, 0.3) is 0 Å². The minimum atomic E-state index is 0.578. The molecular weight excluding hydrogens is 198 g/mol. The highest BCUT2D eigenvalue weighted by Gasteiger charge is 1.97. The highest BCUT2D eigenvalue weighted by atomic mass is 16.5.